The molecule has 1 aliphatic rings. The van der Waals surface area contributed by atoms with Crippen LogP contribution in [0.3, 0.4) is 0 Å². The number of piperidine rings is 1. The summed E-state index contributed by atoms with van der Waals surface area (Å²) in [5.41, 5.74) is 1.08. The Kier molecular flexibility index (Phi) is 5.45. The number of carbonyl (C=O) groups is 1. The molecule has 1 amide bonds. The van der Waals surface area contributed by atoms with Crippen LogP contribution in [0.25, 0.3) is 0 Å². The number of pyridine rings is 1. The summed E-state index contributed by atoms with van der Waals surface area (Å²) in [6, 6.07) is 4.12. The summed E-state index contributed by atoms with van der Waals surface area (Å²) in [6.07, 6.45) is 7.42. The number of rotatable bonds is 5. The van der Waals surface area contributed by atoms with Crippen LogP contribution in [-0.2, 0) is 11.3 Å². The summed E-state index contributed by atoms with van der Waals surface area (Å²) in [7, 11) is 0. The first-order valence-corrected chi connectivity index (χ1v) is 9.37. The predicted octanol–water partition coefficient (Wildman–Crippen LogP) is 3.19. The Hall–Kier alpha value is -1.95. The Morgan fingerprint density at radius 2 is 2.33 bits per heavy atom. The van der Waals surface area contributed by atoms with Crippen LogP contribution in [-0.4, -0.2) is 39.9 Å². The quantitative estimate of drug-likeness (QED) is 0.836. The molecule has 2 aromatic rings. The number of thiazole rings is 1. The molecule has 0 radical (unpaired) electrons. The highest BCUT2D eigenvalue weighted by atomic mass is 32.1. The summed E-state index contributed by atoms with van der Waals surface area (Å²) in [5.74, 6) is 0.289. The van der Waals surface area contributed by atoms with E-state index in [9.17, 15) is 4.79 Å². The third-order valence-corrected chi connectivity index (χ3v) is 5.27. The SMILES string of the molecule is CC(C)N(Cc1cccnc1)C(=O)[C@@H]1CCCN(c2nccs2)C1. The number of nitrogens with zero attached hydrogens (tertiary/aromatic N) is 4. The van der Waals surface area contributed by atoms with Crippen molar-refractivity contribution in [3.63, 3.8) is 0 Å². The molecule has 3 heterocycles. The molecule has 0 bridgehead atoms. The second-order valence-corrected chi connectivity index (χ2v) is 7.39. The number of amides is 1. The van der Waals surface area contributed by atoms with E-state index in [-0.39, 0.29) is 17.9 Å². The van der Waals surface area contributed by atoms with Crippen molar-refractivity contribution in [2.75, 3.05) is 18.0 Å². The molecule has 0 spiro atoms. The van der Waals surface area contributed by atoms with Gasteiger partial charge in [-0.1, -0.05) is 6.07 Å². The largest absolute Gasteiger partial charge is 0.347 e. The maximum absolute atomic E-state index is 13.1. The highest BCUT2D eigenvalue weighted by molar-refractivity contribution is 7.13. The molecule has 0 N–H and O–H groups in total. The van der Waals surface area contributed by atoms with Gasteiger partial charge in [-0.3, -0.25) is 9.78 Å². The molecule has 2 aromatic heterocycles. The van der Waals surface area contributed by atoms with Gasteiger partial charge in [0.05, 0.1) is 5.92 Å². The van der Waals surface area contributed by atoms with Gasteiger partial charge in [-0.2, -0.15) is 0 Å². The van der Waals surface area contributed by atoms with Gasteiger partial charge < -0.3 is 9.80 Å². The van der Waals surface area contributed by atoms with Crippen molar-refractivity contribution in [3.8, 4) is 0 Å². The predicted molar refractivity (Wildman–Crippen MR) is 97.0 cm³/mol. The van der Waals surface area contributed by atoms with Crippen LogP contribution in [0.2, 0.25) is 0 Å². The van der Waals surface area contributed by atoms with Crippen molar-refractivity contribution >= 4 is 22.4 Å². The minimum atomic E-state index is 0.0433. The first-order chi connectivity index (χ1) is 11.6. The molecular formula is C18H24N4OS. The second kappa shape index (κ2) is 7.75. The van der Waals surface area contributed by atoms with Crippen molar-refractivity contribution in [1.29, 1.82) is 0 Å². The molecular weight excluding hydrogens is 320 g/mol. The number of aromatic nitrogens is 2. The third kappa shape index (κ3) is 3.93. The van der Waals surface area contributed by atoms with Crippen LogP contribution in [0.15, 0.2) is 36.1 Å². The highest BCUT2D eigenvalue weighted by Gasteiger charge is 2.31. The number of hydrogen-bond acceptors (Lipinski definition) is 5. The monoisotopic (exact) mass is 344 g/mol. The van der Waals surface area contributed by atoms with E-state index in [0.29, 0.717) is 6.54 Å². The smallest absolute Gasteiger partial charge is 0.228 e. The van der Waals surface area contributed by atoms with Crippen LogP contribution >= 0.6 is 11.3 Å². The summed E-state index contributed by atoms with van der Waals surface area (Å²) >= 11 is 1.64. The summed E-state index contributed by atoms with van der Waals surface area (Å²) in [6.45, 7) is 6.54. The summed E-state index contributed by atoms with van der Waals surface area (Å²) < 4.78 is 0. The van der Waals surface area contributed by atoms with Gasteiger partial charge in [0.2, 0.25) is 5.91 Å². The number of anilines is 1. The van der Waals surface area contributed by atoms with E-state index < -0.39 is 0 Å². The molecule has 3 rings (SSSR count). The fourth-order valence-electron chi connectivity index (χ4n) is 3.16. The van der Waals surface area contributed by atoms with E-state index in [2.05, 4.69) is 28.7 Å². The average molecular weight is 344 g/mol. The molecule has 1 saturated heterocycles. The fraction of sp³-hybridized carbons (Fsp3) is 0.500. The van der Waals surface area contributed by atoms with Crippen LogP contribution in [0.1, 0.15) is 32.3 Å². The van der Waals surface area contributed by atoms with Crippen LogP contribution < -0.4 is 4.90 Å². The third-order valence-electron chi connectivity index (χ3n) is 4.44. The molecule has 128 valence electrons. The Bertz CT molecular complexity index is 644. The van der Waals surface area contributed by atoms with Crippen LogP contribution in [0, 0.1) is 5.92 Å². The Balaban J connectivity index is 1.70. The maximum atomic E-state index is 13.1. The molecule has 0 aliphatic carbocycles. The van der Waals surface area contributed by atoms with Crippen molar-refractivity contribution < 1.29 is 4.79 Å². The minimum Gasteiger partial charge on any atom is -0.347 e. The zero-order chi connectivity index (χ0) is 16.9. The normalized spacial score (nSPS) is 18.0. The zero-order valence-electron chi connectivity index (χ0n) is 14.3. The van der Waals surface area contributed by atoms with Gasteiger partial charge >= 0.3 is 0 Å². The van der Waals surface area contributed by atoms with Crippen LogP contribution in [0.4, 0.5) is 5.13 Å². The molecule has 0 aromatic carbocycles. The first kappa shape index (κ1) is 16.9. The van der Waals surface area contributed by atoms with Gasteiger partial charge in [-0.25, -0.2) is 4.98 Å². The lowest BCUT2D eigenvalue weighted by molar-refractivity contribution is -0.138. The van der Waals surface area contributed by atoms with Gasteiger partial charge in [-0.15, -0.1) is 11.3 Å². The first-order valence-electron chi connectivity index (χ1n) is 8.49. The minimum absolute atomic E-state index is 0.0433. The van der Waals surface area contributed by atoms with E-state index in [1.807, 2.05) is 34.8 Å². The average Bonchev–Trinajstić information content (AvgIpc) is 3.14. The van der Waals surface area contributed by atoms with E-state index in [1.54, 1.807) is 17.5 Å². The second-order valence-electron chi connectivity index (χ2n) is 6.52. The lowest BCUT2D eigenvalue weighted by atomic mass is 9.96. The molecule has 1 aliphatic heterocycles. The molecule has 24 heavy (non-hydrogen) atoms. The Labute approximate surface area is 147 Å². The Morgan fingerprint density at radius 1 is 1.46 bits per heavy atom. The van der Waals surface area contributed by atoms with Crippen LogP contribution in [0.5, 0.6) is 0 Å². The summed E-state index contributed by atoms with van der Waals surface area (Å²) in [5, 5.41) is 3.01. The van der Waals surface area contributed by atoms with Gasteiger partial charge in [0, 0.05) is 49.6 Å². The molecule has 1 fully saturated rings. The standard InChI is InChI=1S/C18H24N4OS/c1-14(2)22(12-15-5-3-7-19-11-15)17(23)16-6-4-9-21(13-16)18-20-8-10-24-18/h3,5,7-8,10-11,14,16H,4,6,9,12-13H2,1-2H3/t16-/m1/s1. The van der Waals surface area contributed by atoms with Crippen molar-refractivity contribution in [2.45, 2.75) is 39.3 Å². The van der Waals surface area contributed by atoms with Gasteiger partial charge in [-0.05, 0) is 38.3 Å². The lowest BCUT2D eigenvalue weighted by Gasteiger charge is -2.36. The molecule has 6 heteroatoms. The summed E-state index contributed by atoms with van der Waals surface area (Å²) in [4.78, 5) is 25.9. The van der Waals surface area contributed by atoms with Crippen molar-refractivity contribution in [2.24, 2.45) is 5.92 Å². The molecule has 0 unspecified atom stereocenters. The molecule has 1 atom stereocenters. The van der Waals surface area contributed by atoms with E-state index in [4.69, 9.17) is 0 Å². The van der Waals surface area contributed by atoms with Crippen molar-refractivity contribution in [3.05, 3.63) is 41.7 Å². The Morgan fingerprint density at radius 3 is 3.00 bits per heavy atom. The van der Waals surface area contributed by atoms with E-state index in [1.165, 1.54) is 0 Å². The van der Waals surface area contributed by atoms with Crippen molar-refractivity contribution in [1.82, 2.24) is 14.9 Å². The lowest BCUT2D eigenvalue weighted by Crippen LogP contribution is -2.46. The highest BCUT2D eigenvalue weighted by Crippen LogP contribution is 2.26. The van der Waals surface area contributed by atoms with Gasteiger partial charge in [0.15, 0.2) is 5.13 Å². The van der Waals surface area contributed by atoms with Gasteiger partial charge in [0.25, 0.3) is 0 Å². The van der Waals surface area contributed by atoms with E-state index in [0.717, 1.165) is 36.6 Å². The number of hydrogen-bond donors (Lipinski definition) is 0. The number of carbonyl (C=O) groups excluding carboxylic acids is 1. The zero-order valence-corrected chi connectivity index (χ0v) is 15.1. The van der Waals surface area contributed by atoms with Gasteiger partial charge in [0.1, 0.15) is 0 Å². The topological polar surface area (TPSA) is 49.3 Å². The maximum Gasteiger partial charge on any atom is 0.228 e. The van der Waals surface area contributed by atoms with E-state index >= 15 is 0 Å². The molecule has 0 saturated carbocycles. The molecule has 5 nitrogen and oxygen atoms in total. The fourth-order valence-corrected chi connectivity index (χ4v) is 3.84.